The highest BCUT2D eigenvalue weighted by atomic mass is 32.2. The summed E-state index contributed by atoms with van der Waals surface area (Å²) in [5.74, 6) is 1.21. The monoisotopic (exact) mass is 327 g/mol. The van der Waals surface area contributed by atoms with Crippen LogP contribution in [-0.2, 0) is 0 Å². The van der Waals surface area contributed by atoms with Gasteiger partial charge in [-0.1, -0.05) is 23.9 Å². The van der Waals surface area contributed by atoms with E-state index in [2.05, 4.69) is 10.3 Å². The molecule has 2 aromatic rings. The molecule has 6 nitrogen and oxygen atoms in total. The molecule has 0 atom stereocenters. The lowest BCUT2D eigenvalue weighted by molar-refractivity contribution is 0.425. The van der Waals surface area contributed by atoms with Crippen LogP contribution in [0, 0.1) is 11.5 Å². The summed E-state index contributed by atoms with van der Waals surface area (Å²) < 4.78 is 5.66. The lowest BCUT2D eigenvalue weighted by Gasteiger charge is -2.07. The minimum absolute atomic E-state index is 0.400. The number of nitriles is 1. The van der Waals surface area contributed by atoms with Crippen LogP contribution in [0.2, 0.25) is 0 Å². The number of benzene rings is 2. The van der Waals surface area contributed by atoms with Gasteiger partial charge in [0, 0.05) is 0 Å². The molecule has 0 spiro atoms. The van der Waals surface area contributed by atoms with Crippen molar-refractivity contribution in [1.29, 1.82) is 5.26 Å². The fraction of sp³-hybridized carbons (Fsp3) is 0.0667. The van der Waals surface area contributed by atoms with Crippen molar-refractivity contribution in [3.63, 3.8) is 0 Å². The van der Waals surface area contributed by atoms with Crippen LogP contribution >= 0.6 is 11.8 Å². The van der Waals surface area contributed by atoms with Crippen molar-refractivity contribution >= 4 is 35.2 Å². The molecular weight excluding hydrogens is 313 g/mol. The molecular formula is C15H14BN3O3S. The van der Waals surface area contributed by atoms with Crippen molar-refractivity contribution in [2.75, 3.05) is 6.26 Å². The Morgan fingerprint density at radius 3 is 2.17 bits per heavy atom. The zero-order valence-corrected chi connectivity index (χ0v) is 13.1. The second-order valence-electron chi connectivity index (χ2n) is 4.40. The molecule has 0 bridgehead atoms. The number of nitrogens with one attached hydrogen (secondary N) is 1. The normalized spacial score (nSPS) is 10.8. The molecule has 0 saturated heterocycles. The molecule has 3 N–H and O–H groups in total. The van der Waals surface area contributed by atoms with Crippen LogP contribution in [0.3, 0.4) is 0 Å². The van der Waals surface area contributed by atoms with Crippen LogP contribution in [0.5, 0.6) is 11.5 Å². The van der Waals surface area contributed by atoms with E-state index < -0.39 is 7.12 Å². The van der Waals surface area contributed by atoms with Crippen molar-refractivity contribution in [2.45, 2.75) is 0 Å². The first-order valence-corrected chi connectivity index (χ1v) is 7.86. The molecule has 0 heterocycles. The van der Waals surface area contributed by atoms with Gasteiger partial charge in [0.2, 0.25) is 0 Å². The number of ether oxygens (including phenoxy) is 1. The molecule has 8 heteroatoms. The first kappa shape index (κ1) is 16.9. The van der Waals surface area contributed by atoms with Gasteiger partial charge in [0.25, 0.3) is 0 Å². The highest BCUT2D eigenvalue weighted by Gasteiger charge is 2.10. The quantitative estimate of drug-likeness (QED) is 0.259. The molecule has 0 aliphatic rings. The average molecular weight is 327 g/mol. The third kappa shape index (κ3) is 5.04. The molecule has 23 heavy (non-hydrogen) atoms. The lowest BCUT2D eigenvalue weighted by Crippen LogP contribution is -2.29. The Morgan fingerprint density at radius 2 is 1.70 bits per heavy atom. The van der Waals surface area contributed by atoms with E-state index in [0.717, 1.165) is 0 Å². The summed E-state index contributed by atoms with van der Waals surface area (Å²) >= 11 is 1.34. The molecule has 0 saturated carbocycles. The molecule has 0 aliphatic heterocycles. The van der Waals surface area contributed by atoms with Gasteiger partial charge in [-0.15, -0.1) is 0 Å². The summed E-state index contributed by atoms with van der Waals surface area (Å²) in [7, 11) is -1.49. The Labute approximate surface area is 138 Å². The topological polar surface area (TPSA) is 97.9 Å². The van der Waals surface area contributed by atoms with Crippen molar-refractivity contribution in [3.8, 4) is 17.7 Å². The summed E-state index contributed by atoms with van der Waals surface area (Å²) in [5.41, 5.74) is 1.10. The molecule has 2 rings (SSSR count). The van der Waals surface area contributed by atoms with Crippen molar-refractivity contribution in [2.24, 2.45) is 4.99 Å². The average Bonchev–Trinajstić information content (AvgIpc) is 2.56. The van der Waals surface area contributed by atoms with E-state index in [1.165, 1.54) is 11.8 Å². The maximum atomic E-state index is 9.04. The molecule has 0 aliphatic carbocycles. The third-order valence-electron chi connectivity index (χ3n) is 2.84. The summed E-state index contributed by atoms with van der Waals surface area (Å²) in [4.78, 5) is 4.28. The summed E-state index contributed by atoms with van der Waals surface area (Å²) in [6.45, 7) is 0. The molecule has 0 fully saturated rings. The Morgan fingerprint density at radius 1 is 1.13 bits per heavy atom. The van der Waals surface area contributed by atoms with E-state index in [0.29, 0.717) is 27.8 Å². The number of aliphatic imine (C=N–C) groups is 1. The Bertz CT molecular complexity index is 712. The molecule has 0 aromatic heterocycles. The summed E-state index contributed by atoms with van der Waals surface area (Å²) in [5, 5.41) is 29.7. The second kappa shape index (κ2) is 8.24. The van der Waals surface area contributed by atoms with Crippen LogP contribution in [-0.4, -0.2) is 28.6 Å². The first-order valence-electron chi connectivity index (χ1n) is 6.64. The van der Waals surface area contributed by atoms with Gasteiger partial charge >= 0.3 is 7.12 Å². The maximum absolute atomic E-state index is 9.04. The van der Waals surface area contributed by atoms with E-state index in [1.54, 1.807) is 48.5 Å². The van der Waals surface area contributed by atoms with Crippen LogP contribution in [0.25, 0.3) is 0 Å². The number of thioether (sulfide) groups is 1. The SMILES string of the molecule is CSC(=Nc1ccc(Oc2ccc(B(O)O)cc2)cc1)NC#N. The Kier molecular flexibility index (Phi) is 6.06. The Hall–Kier alpha value is -2.47. The molecule has 0 unspecified atom stereocenters. The van der Waals surface area contributed by atoms with Crippen molar-refractivity contribution in [1.82, 2.24) is 5.32 Å². The zero-order chi connectivity index (χ0) is 16.7. The minimum Gasteiger partial charge on any atom is -0.457 e. The van der Waals surface area contributed by atoms with E-state index >= 15 is 0 Å². The van der Waals surface area contributed by atoms with E-state index in [9.17, 15) is 0 Å². The van der Waals surface area contributed by atoms with E-state index in [4.69, 9.17) is 20.0 Å². The number of amidine groups is 1. The van der Waals surface area contributed by atoms with Crippen LogP contribution in [0.4, 0.5) is 5.69 Å². The number of hydrogen-bond donors (Lipinski definition) is 3. The highest BCUT2D eigenvalue weighted by molar-refractivity contribution is 8.13. The second-order valence-corrected chi connectivity index (χ2v) is 5.19. The summed E-state index contributed by atoms with van der Waals surface area (Å²) in [6, 6.07) is 13.5. The van der Waals surface area contributed by atoms with Gasteiger partial charge in [-0.2, -0.15) is 5.26 Å². The number of nitrogens with zero attached hydrogens (tertiary/aromatic N) is 2. The third-order valence-corrected chi connectivity index (χ3v) is 3.42. The predicted octanol–water partition coefficient (Wildman–Crippen LogP) is 1.58. The molecule has 116 valence electrons. The number of rotatable bonds is 4. The highest BCUT2D eigenvalue weighted by Crippen LogP contribution is 2.24. The van der Waals surface area contributed by atoms with E-state index in [-0.39, 0.29) is 0 Å². The van der Waals surface area contributed by atoms with E-state index in [1.807, 2.05) is 12.4 Å². The van der Waals surface area contributed by atoms with Crippen LogP contribution < -0.4 is 15.5 Å². The van der Waals surface area contributed by atoms with Crippen molar-refractivity contribution < 1.29 is 14.8 Å². The minimum atomic E-state index is -1.49. The van der Waals surface area contributed by atoms with Gasteiger partial charge in [-0.25, -0.2) is 4.99 Å². The fourth-order valence-electron chi connectivity index (χ4n) is 1.72. The van der Waals surface area contributed by atoms with Gasteiger partial charge in [0.15, 0.2) is 11.4 Å². The van der Waals surface area contributed by atoms with Gasteiger partial charge in [0.1, 0.15) is 11.5 Å². The van der Waals surface area contributed by atoms with Gasteiger partial charge < -0.3 is 14.8 Å². The predicted molar refractivity (Wildman–Crippen MR) is 92.1 cm³/mol. The van der Waals surface area contributed by atoms with Crippen LogP contribution in [0.15, 0.2) is 53.5 Å². The fourth-order valence-corrected chi connectivity index (χ4v) is 2.07. The van der Waals surface area contributed by atoms with Gasteiger partial charge in [-0.3, -0.25) is 5.32 Å². The zero-order valence-electron chi connectivity index (χ0n) is 12.3. The van der Waals surface area contributed by atoms with Gasteiger partial charge in [-0.05, 0) is 48.1 Å². The maximum Gasteiger partial charge on any atom is 0.488 e. The molecule has 0 amide bonds. The smallest absolute Gasteiger partial charge is 0.457 e. The molecule has 0 radical (unpaired) electrons. The van der Waals surface area contributed by atoms with Crippen LogP contribution in [0.1, 0.15) is 0 Å². The lowest BCUT2D eigenvalue weighted by atomic mass is 9.80. The number of hydrogen-bond acceptors (Lipinski definition) is 6. The first-order chi connectivity index (χ1) is 11.1. The summed E-state index contributed by atoms with van der Waals surface area (Å²) in [6.07, 6.45) is 3.66. The largest absolute Gasteiger partial charge is 0.488 e. The Balaban J connectivity index is 2.06. The van der Waals surface area contributed by atoms with Crippen molar-refractivity contribution in [3.05, 3.63) is 48.5 Å². The van der Waals surface area contributed by atoms with Gasteiger partial charge in [0.05, 0.1) is 5.69 Å². The standard InChI is InChI=1S/C15H14BN3O3S/c1-23-15(18-10-17)19-12-4-8-14(9-5-12)22-13-6-2-11(3-7-13)16(20)21/h2-9,20-21H,1H3,(H,18,19). The molecule has 2 aromatic carbocycles.